The van der Waals surface area contributed by atoms with Crippen LogP contribution in [0.15, 0.2) is 29.6 Å². The van der Waals surface area contributed by atoms with E-state index in [0.717, 1.165) is 36.5 Å². The summed E-state index contributed by atoms with van der Waals surface area (Å²) in [5.41, 5.74) is 1.88. The van der Waals surface area contributed by atoms with Gasteiger partial charge in [0.2, 0.25) is 5.91 Å². The van der Waals surface area contributed by atoms with Gasteiger partial charge in [-0.05, 0) is 44.2 Å². The summed E-state index contributed by atoms with van der Waals surface area (Å²) in [6.45, 7) is 4.28. The van der Waals surface area contributed by atoms with Crippen molar-refractivity contribution in [3.05, 3.63) is 29.6 Å². The largest absolute Gasteiger partial charge is 0.494 e. The Hall–Kier alpha value is -1.63. The van der Waals surface area contributed by atoms with Crippen LogP contribution in [0.5, 0.6) is 5.75 Å². The van der Waals surface area contributed by atoms with E-state index in [2.05, 4.69) is 15.6 Å². The van der Waals surface area contributed by atoms with Gasteiger partial charge in [0.25, 0.3) is 0 Å². The molecule has 1 aliphatic heterocycles. The first-order valence-electron chi connectivity index (χ1n) is 7.46. The molecule has 2 N–H and O–H groups in total. The fraction of sp³-hybridized carbons (Fsp3) is 0.375. The number of amides is 1. The molecule has 0 radical (unpaired) electrons. The quantitative estimate of drug-likeness (QED) is 0.866. The SMILES string of the molecule is CCOc1ccc(-c2csc(NC(=O)C3CCNC3)n2)cc1.Cl. The summed E-state index contributed by atoms with van der Waals surface area (Å²) in [4.78, 5) is 16.6. The molecule has 7 heteroatoms. The first kappa shape index (κ1) is 17.7. The molecule has 1 aliphatic rings. The zero-order valence-corrected chi connectivity index (χ0v) is 14.5. The van der Waals surface area contributed by atoms with Gasteiger partial charge in [0, 0.05) is 17.5 Å². The predicted octanol–water partition coefficient (Wildman–Crippen LogP) is 3.18. The molecule has 2 aromatic rings. The van der Waals surface area contributed by atoms with Gasteiger partial charge in [-0.15, -0.1) is 23.7 Å². The topological polar surface area (TPSA) is 63.2 Å². The van der Waals surface area contributed by atoms with E-state index in [-0.39, 0.29) is 24.2 Å². The summed E-state index contributed by atoms with van der Waals surface area (Å²) >= 11 is 1.45. The molecule has 1 aromatic carbocycles. The minimum Gasteiger partial charge on any atom is -0.494 e. The van der Waals surface area contributed by atoms with Crippen LogP contribution in [0.25, 0.3) is 11.3 Å². The Morgan fingerprint density at radius 2 is 2.22 bits per heavy atom. The molecule has 0 saturated carbocycles. The maximum absolute atomic E-state index is 12.1. The predicted molar refractivity (Wildman–Crippen MR) is 95.6 cm³/mol. The van der Waals surface area contributed by atoms with Crippen LogP contribution < -0.4 is 15.4 Å². The number of aromatic nitrogens is 1. The van der Waals surface area contributed by atoms with Gasteiger partial charge < -0.3 is 15.4 Å². The highest BCUT2D eigenvalue weighted by atomic mass is 35.5. The second-order valence-electron chi connectivity index (χ2n) is 5.17. The molecule has 5 nitrogen and oxygen atoms in total. The number of carbonyl (C=O) groups excluding carboxylic acids is 1. The smallest absolute Gasteiger partial charge is 0.230 e. The van der Waals surface area contributed by atoms with E-state index in [4.69, 9.17) is 4.74 Å². The van der Waals surface area contributed by atoms with Crippen molar-refractivity contribution >= 4 is 34.8 Å². The zero-order chi connectivity index (χ0) is 15.4. The van der Waals surface area contributed by atoms with Gasteiger partial charge in [-0.2, -0.15) is 0 Å². The molecule has 1 aromatic heterocycles. The van der Waals surface area contributed by atoms with Gasteiger partial charge in [0.15, 0.2) is 5.13 Å². The summed E-state index contributed by atoms with van der Waals surface area (Å²) in [7, 11) is 0. The second-order valence-corrected chi connectivity index (χ2v) is 6.03. The van der Waals surface area contributed by atoms with Crippen LogP contribution in [-0.4, -0.2) is 30.6 Å². The molecule has 1 saturated heterocycles. The molecule has 2 heterocycles. The molecule has 23 heavy (non-hydrogen) atoms. The third-order valence-electron chi connectivity index (χ3n) is 3.63. The van der Waals surface area contributed by atoms with Crippen LogP contribution in [0.1, 0.15) is 13.3 Å². The van der Waals surface area contributed by atoms with Crippen molar-refractivity contribution in [2.45, 2.75) is 13.3 Å². The molecular formula is C16H20ClN3O2S. The Balaban J connectivity index is 0.00000192. The summed E-state index contributed by atoms with van der Waals surface area (Å²) in [6.07, 6.45) is 0.892. The Kier molecular flexibility index (Phi) is 6.38. The van der Waals surface area contributed by atoms with E-state index in [0.29, 0.717) is 11.7 Å². The van der Waals surface area contributed by atoms with Crippen molar-refractivity contribution in [2.75, 3.05) is 25.0 Å². The summed E-state index contributed by atoms with van der Waals surface area (Å²) in [5.74, 6) is 0.958. The van der Waals surface area contributed by atoms with E-state index in [1.165, 1.54) is 11.3 Å². The van der Waals surface area contributed by atoms with Crippen molar-refractivity contribution in [1.82, 2.24) is 10.3 Å². The first-order chi connectivity index (χ1) is 10.8. The standard InChI is InChI=1S/C16H19N3O2S.ClH/c1-2-21-13-5-3-11(4-6-13)14-10-22-16(18-14)19-15(20)12-7-8-17-9-12;/h3-6,10,12,17H,2,7-9H2,1H3,(H,18,19,20);1H. The van der Waals surface area contributed by atoms with E-state index < -0.39 is 0 Å². The maximum atomic E-state index is 12.1. The van der Waals surface area contributed by atoms with Crippen LogP contribution in [-0.2, 0) is 4.79 Å². The van der Waals surface area contributed by atoms with Gasteiger partial charge in [0.1, 0.15) is 5.75 Å². The number of ether oxygens (including phenoxy) is 1. The average Bonchev–Trinajstić information content (AvgIpc) is 3.19. The van der Waals surface area contributed by atoms with Crippen molar-refractivity contribution in [2.24, 2.45) is 5.92 Å². The molecule has 0 bridgehead atoms. The van der Waals surface area contributed by atoms with Crippen LogP contribution in [0, 0.1) is 5.92 Å². The van der Waals surface area contributed by atoms with E-state index in [1.54, 1.807) is 0 Å². The molecule has 1 atom stereocenters. The Morgan fingerprint density at radius 3 is 2.87 bits per heavy atom. The molecule has 0 spiro atoms. The number of halogens is 1. The van der Waals surface area contributed by atoms with Crippen LogP contribution in [0.4, 0.5) is 5.13 Å². The number of nitrogens with zero attached hydrogens (tertiary/aromatic N) is 1. The van der Waals surface area contributed by atoms with E-state index >= 15 is 0 Å². The van der Waals surface area contributed by atoms with Gasteiger partial charge in [-0.25, -0.2) is 4.98 Å². The van der Waals surface area contributed by atoms with Crippen molar-refractivity contribution < 1.29 is 9.53 Å². The van der Waals surface area contributed by atoms with Crippen LogP contribution in [0.2, 0.25) is 0 Å². The molecule has 1 amide bonds. The summed E-state index contributed by atoms with van der Waals surface area (Å²) < 4.78 is 5.43. The van der Waals surface area contributed by atoms with E-state index in [9.17, 15) is 4.79 Å². The lowest BCUT2D eigenvalue weighted by molar-refractivity contribution is -0.119. The highest BCUT2D eigenvalue weighted by Gasteiger charge is 2.23. The summed E-state index contributed by atoms with van der Waals surface area (Å²) in [5, 5.41) is 8.72. The third-order valence-corrected chi connectivity index (χ3v) is 4.38. The number of hydrogen-bond donors (Lipinski definition) is 2. The number of hydrogen-bond acceptors (Lipinski definition) is 5. The minimum absolute atomic E-state index is 0. The molecular weight excluding hydrogens is 334 g/mol. The molecule has 1 unspecified atom stereocenters. The first-order valence-corrected chi connectivity index (χ1v) is 8.34. The lowest BCUT2D eigenvalue weighted by atomic mass is 10.1. The van der Waals surface area contributed by atoms with Crippen molar-refractivity contribution in [3.8, 4) is 17.0 Å². The summed E-state index contributed by atoms with van der Waals surface area (Å²) in [6, 6.07) is 7.82. The van der Waals surface area contributed by atoms with Gasteiger partial charge in [-0.3, -0.25) is 4.79 Å². The van der Waals surface area contributed by atoms with Crippen LogP contribution >= 0.6 is 23.7 Å². The average molecular weight is 354 g/mol. The molecule has 124 valence electrons. The Morgan fingerprint density at radius 1 is 1.43 bits per heavy atom. The number of carbonyl (C=O) groups is 1. The van der Waals surface area contributed by atoms with Gasteiger partial charge >= 0.3 is 0 Å². The molecule has 1 fully saturated rings. The minimum atomic E-state index is 0. The monoisotopic (exact) mass is 353 g/mol. The maximum Gasteiger partial charge on any atom is 0.230 e. The fourth-order valence-corrected chi connectivity index (χ4v) is 3.16. The highest BCUT2D eigenvalue weighted by Crippen LogP contribution is 2.27. The Labute approximate surface area is 145 Å². The normalized spacial score (nSPS) is 16.7. The fourth-order valence-electron chi connectivity index (χ4n) is 2.44. The second kappa shape index (κ2) is 8.29. The lowest BCUT2D eigenvalue weighted by Crippen LogP contribution is -2.24. The number of anilines is 1. The van der Waals surface area contributed by atoms with E-state index in [1.807, 2.05) is 36.6 Å². The van der Waals surface area contributed by atoms with Gasteiger partial charge in [0.05, 0.1) is 18.2 Å². The van der Waals surface area contributed by atoms with Gasteiger partial charge in [-0.1, -0.05) is 0 Å². The van der Waals surface area contributed by atoms with Crippen molar-refractivity contribution in [1.29, 1.82) is 0 Å². The zero-order valence-electron chi connectivity index (χ0n) is 12.9. The molecule has 0 aliphatic carbocycles. The number of rotatable bonds is 5. The van der Waals surface area contributed by atoms with Crippen LogP contribution in [0.3, 0.4) is 0 Å². The number of nitrogens with one attached hydrogen (secondary N) is 2. The molecule has 3 rings (SSSR count). The number of benzene rings is 1. The highest BCUT2D eigenvalue weighted by molar-refractivity contribution is 7.14. The third kappa shape index (κ3) is 4.43. The Bertz CT molecular complexity index is 639. The lowest BCUT2D eigenvalue weighted by Gasteiger charge is -2.06. The van der Waals surface area contributed by atoms with Crippen molar-refractivity contribution in [3.63, 3.8) is 0 Å². The number of thiazole rings is 1.